The maximum atomic E-state index is 10.7. The first-order valence-corrected chi connectivity index (χ1v) is 4.91. The minimum atomic E-state index is -0.420. The third-order valence-electron chi connectivity index (χ3n) is 3.07. The van der Waals surface area contributed by atoms with Crippen LogP contribution >= 0.6 is 0 Å². The van der Waals surface area contributed by atoms with Gasteiger partial charge in [0.2, 0.25) is 6.04 Å². The summed E-state index contributed by atoms with van der Waals surface area (Å²) in [7, 11) is 1.90. The molecule has 1 aliphatic rings. The summed E-state index contributed by atoms with van der Waals surface area (Å²) < 4.78 is 0. The Labute approximate surface area is 78.9 Å². The van der Waals surface area contributed by atoms with Crippen molar-refractivity contribution in [3.8, 4) is 0 Å². The number of rotatable bonds is 3. The van der Waals surface area contributed by atoms with Crippen molar-refractivity contribution in [2.24, 2.45) is 5.92 Å². The second-order valence-corrected chi connectivity index (χ2v) is 3.96. The zero-order chi connectivity index (χ0) is 9.84. The van der Waals surface area contributed by atoms with E-state index in [1.165, 1.54) is 0 Å². The summed E-state index contributed by atoms with van der Waals surface area (Å²) in [6, 6.07) is -0.420. The molecule has 0 aromatic heterocycles. The number of aliphatic hydroxyl groups is 1. The van der Waals surface area contributed by atoms with Crippen LogP contribution in [0.15, 0.2) is 0 Å². The molecule has 0 aromatic rings. The molecule has 0 radical (unpaired) electrons. The molecule has 0 saturated heterocycles. The SMILES string of the molecule is B[C@H](CO)[C@@H]1CCCC[C@@H]1[N+](=O)[O-]. The van der Waals surface area contributed by atoms with Gasteiger partial charge < -0.3 is 5.11 Å². The molecule has 0 unspecified atom stereocenters. The summed E-state index contributed by atoms with van der Waals surface area (Å²) in [5.74, 6) is 0.143. The van der Waals surface area contributed by atoms with Crippen LogP contribution in [0.25, 0.3) is 0 Å². The molecule has 0 heterocycles. The lowest BCUT2D eigenvalue weighted by molar-refractivity contribution is -0.535. The van der Waals surface area contributed by atoms with Gasteiger partial charge in [-0.1, -0.05) is 6.42 Å². The summed E-state index contributed by atoms with van der Waals surface area (Å²) in [6.07, 6.45) is 3.61. The first-order valence-electron chi connectivity index (χ1n) is 4.91. The van der Waals surface area contributed by atoms with E-state index in [9.17, 15) is 10.1 Å². The van der Waals surface area contributed by atoms with Crippen molar-refractivity contribution in [2.75, 3.05) is 6.61 Å². The highest BCUT2D eigenvalue weighted by Crippen LogP contribution is 2.33. The maximum Gasteiger partial charge on any atom is 0.215 e. The predicted molar refractivity (Wildman–Crippen MR) is 52.1 cm³/mol. The molecule has 5 heteroatoms. The van der Waals surface area contributed by atoms with Gasteiger partial charge >= 0.3 is 0 Å². The fraction of sp³-hybridized carbons (Fsp3) is 1.00. The highest BCUT2D eigenvalue weighted by atomic mass is 16.6. The molecule has 1 saturated carbocycles. The molecular weight excluding hydrogens is 169 g/mol. The van der Waals surface area contributed by atoms with Crippen LogP contribution in [0.2, 0.25) is 5.82 Å². The van der Waals surface area contributed by atoms with Gasteiger partial charge in [0.1, 0.15) is 7.85 Å². The third kappa shape index (κ3) is 2.43. The minimum absolute atomic E-state index is 0.0645. The maximum absolute atomic E-state index is 10.7. The van der Waals surface area contributed by atoms with Crippen molar-refractivity contribution in [1.82, 2.24) is 0 Å². The van der Waals surface area contributed by atoms with E-state index in [0.717, 1.165) is 19.3 Å². The summed E-state index contributed by atoms with van der Waals surface area (Å²) in [5, 5.41) is 19.7. The molecule has 1 rings (SSSR count). The van der Waals surface area contributed by atoms with Gasteiger partial charge in [-0.2, -0.15) is 0 Å². The van der Waals surface area contributed by atoms with Crippen LogP contribution in [0, 0.1) is 16.0 Å². The van der Waals surface area contributed by atoms with E-state index < -0.39 is 6.04 Å². The van der Waals surface area contributed by atoms with Crippen molar-refractivity contribution in [3.05, 3.63) is 10.1 Å². The smallest absolute Gasteiger partial charge is 0.215 e. The Kier molecular flexibility index (Phi) is 3.72. The summed E-state index contributed by atoms with van der Waals surface area (Å²) >= 11 is 0. The zero-order valence-electron chi connectivity index (χ0n) is 7.98. The summed E-state index contributed by atoms with van der Waals surface area (Å²) in [5.41, 5.74) is 0. The standard InChI is InChI=1S/C8H16BNO3/c9-7(5-11)6-3-1-2-4-8(6)10(12)13/h6-8,11H,1-5,9H2/t6-,7+,8-/m0/s1. The van der Waals surface area contributed by atoms with Gasteiger partial charge in [-0.05, 0) is 18.7 Å². The average Bonchev–Trinajstić information content (AvgIpc) is 2.16. The van der Waals surface area contributed by atoms with Crippen molar-refractivity contribution in [1.29, 1.82) is 0 Å². The highest BCUT2D eigenvalue weighted by Gasteiger charge is 2.36. The Balaban J connectivity index is 2.61. The molecule has 3 atom stereocenters. The predicted octanol–water partition coefficient (Wildman–Crippen LogP) is 0.236. The first kappa shape index (κ1) is 10.5. The number of nitrogens with zero attached hydrogens (tertiary/aromatic N) is 1. The molecule has 0 spiro atoms. The van der Waals surface area contributed by atoms with E-state index in [1.807, 2.05) is 7.85 Å². The van der Waals surface area contributed by atoms with Crippen molar-refractivity contribution < 1.29 is 10.0 Å². The fourth-order valence-corrected chi connectivity index (χ4v) is 2.20. The normalized spacial score (nSPS) is 31.2. The van der Waals surface area contributed by atoms with Crippen molar-refractivity contribution >= 4 is 7.85 Å². The second kappa shape index (κ2) is 4.60. The van der Waals surface area contributed by atoms with Gasteiger partial charge in [0, 0.05) is 23.9 Å². The van der Waals surface area contributed by atoms with E-state index in [1.54, 1.807) is 0 Å². The summed E-state index contributed by atoms with van der Waals surface area (Å²) in [6.45, 7) is 0.0645. The molecular formula is C8H16BNO3. The molecule has 13 heavy (non-hydrogen) atoms. The Hall–Kier alpha value is -0.575. The number of hydrogen-bond acceptors (Lipinski definition) is 3. The molecule has 0 aromatic carbocycles. The molecule has 1 N–H and O–H groups in total. The molecule has 0 amide bonds. The van der Waals surface area contributed by atoms with E-state index in [0.29, 0.717) is 6.42 Å². The van der Waals surface area contributed by atoms with E-state index in [4.69, 9.17) is 5.11 Å². The lowest BCUT2D eigenvalue weighted by Crippen LogP contribution is -2.35. The Morgan fingerprint density at radius 3 is 2.69 bits per heavy atom. The highest BCUT2D eigenvalue weighted by molar-refractivity contribution is 6.12. The largest absolute Gasteiger partial charge is 0.397 e. The average molecular weight is 185 g/mol. The van der Waals surface area contributed by atoms with E-state index in [-0.39, 0.29) is 23.3 Å². The molecule has 1 fully saturated rings. The second-order valence-electron chi connectivity index (χ2n) is 3.96. The van der Waals surface area contributed by atoms with Gasteiger partial charge in [-0.3, -0.25) is 10.1 Å². The van der Waals surface area contributed by atoms with Crippen LogP contribution < -0.4 is 0 Å². The van der Waals surface area contributed by atoms with Crippen molar-refractivity contribution in [3.63, 3.8) is 0 Å². The van der Waals surface area contributed by atoms with E-state index >= 15 is 0 Å². The van der Waals surface area contributed by atoms with Crippen LogP contribution in [0.4, 0.5) is 0 Å². The number of hydrogen-bond donors (Lipinski definition) is 1. The fourth-order valence-electron chi connectivity index (χ4n) is 2.20. The van der Waals surface area contributed by atoms with Crippen molar-refractivity contribution in [2.45, 2.75) is 37.5 Å². The van der Waals surface area contributed by atoms with Crippen LogP contribution in [-0.2, 0) is 0 Å². The van der Waals surface area contributed by atoms with Gasteiger partial charge in [-0.25, -0.2) is 0 Å². The molecule has 74 valence electrons. The van der Waals surface area contributed by atoms with Gasteiger partial charge in [0.05, 0.1) is 0 Å². The number of nitro groups is 1. The first-order chi connectivity index (χ1) is 6.16. The van der Waals surface area contributed by atoms with Crippen LogP contribution in [0.3, 0.4) is 0 Å². The van der Waals surface area contributed by atoms with E-state index in [2.05, 4.69) is 0 Å². The molecule has 1 aliphatic carbocycles. The molecule has 0 aliphatic heterocycles. The van der Waals surface area contributed by atoms with Crippen LogP contribution in [0.1, 0.15) is 25.7 Å². The zero-order valence-corrected chi connectivity index (χ0v) is 7.98. The third-order valence-corrected chi connectivity index (χ3v) is 3.07. The van der Waals surface area contributed by atoms with Crippen LogP contribution in [-0.4, -0.2) is 30.5 Å². The lowest BCUT2D eigenvalue weighted by atomic mass is 9.68. The van der Waals surface area contributed by atoms with Crippen LogP contribution in [0.5, 0.6) is 0 Å². The quantitative estimate of drug-likeness (QED) is 0.389. The lowest BCUT2D eigenvalue weighted by Gasteiger charge is -2.29. The Morgan fingerprint density at radius 2 is 2.15 bits per heavy atom. The Morgan fingerprint density at radius 1 is 1.54 bits per heavy atom. The molecule has 4 nitrogen and oxygen atoms in total. The van der Waals surface area contributed by atoms with Gasteiger partial charge in [0.25, 0.3) is 0 Å². The Bertz CT molecular complexity index is 188. The summed E-state index contributed by atoms with van der Waals surface area (Å²) in [4.78, 5) is 10.5. The molecule has 0 bridgehead atoms. The minimum Gasteiger partial charge on any atom is -0.397 e. The topological polar surface area (TPSA) is 63.4 Å². The monoisotopic (exact) mass is 185 g/mol. The number of aliphatic hydroxyl groups excluding tert-OH is 1. The van der Waals surface area contributed by atoms with Gasteiger partial charge in [0.15, 0.2) is 0 Å². The van der Waals surface area contributed by atoms with Gasteiger partial charge in [-0.15, -0.1) is 0 Å².